The Labute approximate surface area is 112 Å². The van der Waals surface area contributed by atoms with E-state index in [1.54, 1.807) is 19.1 Å². The van der Waals surface area contributed by atoms with Gasteiger partial charge in [0.25, 0.3) is 5.91 Å². The molecule has 1 aromatic rings. The van der Waals surface area contributed by atoms with Crippen molar-refractivity contribution < 1.29 is 19.7 Å². The van der Waals surface area contributed by atoms with Crippen LogP contribution in [0.1, 0.15) is 29.3 Å². The number of rotatable bonds is 3. The maximum atomic E-state index is 12.0. The van der Waals surface area contributed by atoms with E-state index in [1.165, 1.54) is 6.07 Å². The Hall–Kier alpha value is -1.59. The fourth-order valence-corrected chi connectivity index (χ4v) is 2.17. The van der Waals surface area contributed by atoms with Gasteiger partial charge in [-0.2, -0.15) is 0 Å². The highest BCUT2D eigenvalue weighted by atomic mass is 16.5. The SMILES string of the molecule is Cc1ccc(C(=O)NCC2(O)CCOC2C)c(O)c1. The van der Waals surface area contributed by atoms with Gasteiger partial charge in [-0.3, -0.25) is 4.79 Å². The molecule has 0 radical (unpaired) electrons. The summed E-state index contributed by atoms with van der Waals surface area (Å²) in [7, 11) is 0. The average molecular weight is 265 g/mol. The summed E-state index contributed by atoms with van der Waals surface area (Å²) in [6.45, 7) is 4.22. The number of hydrogen-bond donors (Lipinski definition) is 3. The molecule has 19 heavy (non-hydrogen) atoms. The summed E-state index contributed by atoms with van der Waals surface area (Å²) in [5.74, 6) is -0.453. The number of nitrogens with one attached hydrogen (secondary N) is 1. The third kappa shape index (κ3) is 2.88. The van der Waals surface area contributed by atoms with Crippen LogP contribution in [0.2, 0.25) is 0 Å². The van der Waals surface area contributed by atoms with Gasteiger partial charge in [0, 0.05) is 19.6 Å². The van der Waals surface area contributed by atoms with Gasteiger partial charge in [-0.05, 0) is 31.5 Å². The van der Waals surface area contributed by atoms with Gasteiger partial charge in [0.1, 0.15) is 11.4 Å². The molecule has 0 bridgehead atoms. The molecule has 0 aliphatic carbocycles. The molecule has 1 saturated heterocycles. The molecule has 104 valence electrons. The Morgan fingerprint density at radius 3 is 2.89 bits per heavy atom. The maximum Gasteiger partial charge on any atom is 0.255 e. The van der Waals surface area contributed by atoms with E-state index in [4.69, 9.17) is 4.74 Å². The molecule has 2 rings (SSSR count). The number of aliphatic hydroxyl groups is 1. The number of benzene rings is 1. The van der Waals surface area contributed by atoms with Crippen LogP contribution < -0.4 is 5.32 Å². The molecule has 1 aliphatic rings. The van der Waals surface area contributed by atoms with Gasteiger partial charge in [-0.15, -0.1) is 0 Å². The highest BCUT2D eigenvalue weighted by molar-refractivity contribution is 5.96. The minimum absolute atomic E-state index is 0.0554. The first-order valence-electron chi connectivity index (χ1n) is 6.34. The third-order valence-electron chi connectivity index (χ3n) is 3.61. The number of hydrogen-bond acceptors (Lipinski definition) is 4. The standard InChI is InChI=1S/C14H19NO4/c1-9-3-4-11(12(16)7-9)13(17)15-8-14(18)5-6-19-10(14)2/h3-4,7,10,16,18H,5-6,8H2,1-2H3,(H,15,17). The third-order valence-corrected chi connectivity index (χ3v) is 3.61. The van der Waals surface area contributed by atoms with Crippen LogP contribution in [0.25, 0.3) is 0 Å². The van der Waals surface area contributed by atoms with E-state index in [2.05, 4.69) is 5.32 Å². The predicted octanol–water partition coefficient (Wildman–Crippen LogP) is 0.970. The smallest absolute Gasteiger partial charge is 0.255 e. The molecule has 1 aromatic carbocycles. The lowest BCUT2D eigenvalue weighted by Gasteiger charge is -2.26. The summed E-state index contributed by atoms with van der Waals surface area (Å²) >= 11 is 0. The Morgan fingerprint density at radius 1 is 1.58 bits per heavy atom. The molecule has 1 amide bonds. The summed E-state index contributed by atoms with van der Waals surface area (Å²) in [5, 5.41) is 22.6. The first-order chi connectivity index (χ1) is 8.92. The number of phenolic OH excluding ortho intramolecular Hbond substituents is 1. The van der Waals surface area contributed by atoms with Crippen molar-refractivity contribution in [3.63, 3.8) is 0 Å². The molecule has 0 aromatic heterocycles. The average Bonchev–Trinajstić information content (AvgIpc) is 2.67. The van der Waals surface area contributed by atoms with Crippen LogP contribution >= 0.6 is 0 Å². The second-order valence-electron chi connectivity index (χ2n) is 5.07. The van der Waals surface area contributed by atoms with Crippen LogP contribution in [0.3, 0.4) is 0 Å². The Balaban J connectivity index is 2.02. The molecule has 1 fully saturated rings. The lowest BCUT2D eigenvalue weighted by molar-refractivity contribution is -0.0251. The number of ether oxygens (including phenoxy) is 1. The number of phenols is 1. The quantitative estimate of drug-likeness (QED) is 0.761. The Morgan fingerprint density at radius 2 is 2.32 bits per heavy atom. The second-order valence-corrected chi connectivity index (χ2v) is 5.07. The topological polar surface area (TPSA) is 78.8 Å². The summed E-state index contributed by atoms with van der Waals surface area (Å²) in [4.78, 5) is 12.0. The molecule has 5 nitrogen and oxygen atoms in total. The molecular weight excluding hydrogens is 246 g/mol. The van der Waals surface area contributed by atoms with E-state index >= 15 is 0 Å². The van der Waals surface area contributed by atoms with Gasteiger partial charge < -0.3 is 20.3 Å². The number of aromatic hydroxyl groups is 1. The van der Waals surface area contributed by atoms with Gasteiger partial charge >= 0.3 is 0 Å². The maximum absolute atomic E-state index is 12.0. The largest absolute Gasteiger partial charge is 0.507 e. The summed E-state index contributed by atoms with van der Waals surface area (Å²) in [5.41, 5.74) is 0.0574. The molecule has 3 N–H and O–H groups in total. The fraction of sp³-hybridized carbons (Fsp3) is 0.500. The molecule has 2 atom stereocenters. The van der Waals surface area contributed by atoms with Crippen molar-refractivity contribution in [1.29, 1.82) is 0 Å². The number of amides is 1. The minimum Gasteiger partial charge on any atom is -0.507 e. The number of aryl methyl sites for hydroxylation is 1. The summed E-state index contributed by atoms with van der Waals surface area (Å²) in [6, 6.07) is 4.86. The van der Waals surface area contributed by atoms with Gasteiger partial charge in [0.15, 0.2) is 0 Å². The van der Waals surface area contributed by atoms with Gasteiger partial charge in [0.05, 0.1) is 11.7 Å². The first kappa shape index (κ1) is 13.8. The molecule has 1 heterocycles. The van der Waals surface area contributed by atoms with E-state index in [9.17, 15) is 15.0 Å². The molecule has 5 heteroatoms. The molecule has 0 spiro atoms. The monoisotopic (exact) mass is 265 g/mol. The van der Waals surface area contributed by atoms with Crippen LogP contribution in [-0.4, -0.2) is 41.0 Å². The zero-order valence-electron chi connectivity index (χ0n) is 11.1. The van der Waals surface area contributed by atoms with E-state index in [0.29, 0.717) is 13.0 Å². The van der Waals surface area contributed by atoms with Gasteiger partial charge in [0.2, 0.25) is 0 Å². The van der Waals surface area contributed by atoms with E-state index in [1.807, 2.05) is 6.92 Å². The zero-order valence-corrected chi connectivity index (χ0v) is 11.1. The van der Waals surface area contributed by atoms with Crippen molar-refractivity contribution in [2.45, 2.75) is 32.0 Å². The molecule has 1 aliphatic heterocycles. The summed E-state index contributed by atoms with van der Waals surface area (Å²) in [6.07, 6.45) is 0.188. The molecule has 0 saturated carbocycles. The van der Waals surface area contributed by atoms with Gasteiger partial charge in [-0.1, -0.05) is 6.07 Å². The predicted molar refractivity (Wildman–Crippen MR) is 70.2 cm³/mol. The second kappa shape index (κ2) is 5.19. The van der Waals surface area contributed by atoms with E-state index < -0.39 is 11.5 Å². The van der Waals surface area contributed by atoms with Crippen molar-refractivity contribution in [3.8, 4) is 5.75 Å². The van der Waals surface area contributed by atoms with Crippen LogP contribution in [0.15, 0.2) is 18.2 Å². The van der Waals surface area contributed by atoms with E-state index in [-0.39, 0.29) is 24.0 Å². The number of carbonyl (C=O) groups excluding carboxylic acids is 1. The summed E-state index contributed by atoms with van der Waals surface area (Å²) < 4.78 is 5.30. The van der Waals surface area contributed by atoms with Crippen LogP contribution in [0.5, 0.6) is 5.75 Å². The van der Waals surface area contributed by atoms with Crippen LogP contribution in [0, 0.1) is 6.92 Å². The van der Waals surface area contributed by atoms with Crippen molar-refractivity contribution >= 4 is 5.91 Å². The molecule has 2 unspecified atom stereocenters. The van der Waals surface area contributed by atoms with Crippen LogP contribution in [-0.2, 0) is 4.74 Å². The van der Waals surface area contributed by atoms with Crippen molar-refractivity contribution in [2.75, 3.05) is 13.2 Å². The Bertz CT molecular complexity index is 488. The van der Waals surface area contributed by atoms with Crippen molar-refractivity contribution in [3.05, 3.63) is 29.3 Å². The van der Waals surface area contributed by atoms with Crippen LogP contribution in [0.4, 0.5) is 0 Å². The fourth-order valence-electron chi connectivity index (χ4n) is 2.17. The minimum atomic E-state index is -1.03. The lowest BCUT2D eigenvalue weighted by atomic mass is 9.96. The first-order valence-corrected chi connectivity index (χ1v) is 6.34. The highest BCUT2D eigenvalue weighted by Crippen LogP contribution is 2.25. The van der Waals surface area contributed by atoms with E-state index in [0.717, 1.165) is 5.56 Å². The molecular formula is C14H19NO4. The lowest BCUT2D eigenvalue weighted by Crippen LogP contribution is -2.47. The zero-order chi connectivity index (χ0) is 14.0. The normalized spacial score (nSPS) is 26.4. The number of carbonyl (C=O) groups is 1. The Kier molecular flexibility index (Phi) is 3.78. The highest BCUT2D eigenvalue weighted by Gasteiger charge is 2.39. The van der Waals surface area contributed by atoms with Gasteiger partial charge in [-0.25, -0.2) is 0 Å². The van der Waals surface area contributed by atoms with Crippen molar-refractivity contribution in [2.24, 2.45) is 0 Å². The van der Waals surface area contributed by atoms with Crippen molar-refractivity contribution in [1.82, 2.24) is 5.32 Å².